The van der Waals surface area contributed by atoms with Gasteiger partial charge in [-0.3, -0.25) is 4.79 Å². The van der Waals surface area contributed by atoms with Crippen molar-refractivity contribution in [2.75, 3.05) is 13.7 Å². The smallest absolute Gasteiger partial charge is 0.416 e. The number of fused-ring (bicyclic) bond motifs is 3. The van der Waals surface area contributed by atoms with Crippen molar-refractivity contribution in [3.05, 3.63) is 64.8 Å². The molecule has 5 nitrogen and oxygen atoms in total. The van der Waals surface area contributed by atoms with Crippen molar-refractivity contribution >= 4 is 16.9 Å². The molecule has 2 N–H and O–H groups in total. The van der Waals surface area contributed by atoms with E-state index in [0.717, 1.165) is 47.3 Å². The quantitative estimate of drug-likeness (QED) is 0.599. The maximum atomic E-state index is 12.7. The van der Waals surface area contributed by atoms with E-state index >= 15 is 0 Å². The third kappa shape index (κ3) is 4.14. The van der Waals surface area contributed by atoms with E-state index in [1.807, 2.05) is 18.2 Å². The molecule has 0 aliphatic carbocycles. The molecule has 1 aliphatic heterocycles. The number of alkyl halides is 3. The molecule has 3 aromatic rings. The highest BCUT2D eigenvalue weighted by Crippen LogP contribution is 2.34. The van der Waals surface area contributed by atoms with Crippen molar-refractivity contribution in [1.29, 1.82) is 0 Å². The summed E-state index contributed by atoms with van der Waals surface area (Å²) in [4.78, 5) is 15.1. The van der Waals surface area contributed by atoms with Gasteiger partial charge in [-0.15, -0.1) is 0 Å². The normalized spacial score (nSPS) is 16.3. The van der Waals surface area contributed by atoms with Gasteiger partial charge in [-0.05, 0) is 54.4 Å². The lowest BCUT2D eigenvalue weighted by molar-refractivity contribution is -0.141. The Bertz CT molecular complexity index is 1060. The molecule has 1 aromatic heterocycles. The lowest BCUT2D eigenvalue weighted by Gasteiger charge is -2.23. The molecule has 1 aliphatic rings. The Balaban J connectivity index is 1.52. The maximum Gasteiger partial charge on any atom is 0.416 e. The average Bonchev–Trinajstić information content (AvgIpc) is 3.11. The Morgan fingerprint density at radius 3 is 2.63 bits per heavy atom. The highest BCUT2D eigenvalue weighted by Gasteiger charge is 2.30. The number of aromatic amines is 1. The summed E-state index contributed by atoms with van der Waals surface area (Å²) in [5.74, 6) is 0.354. The topological polar surface area (TPSA) is 63.3 Å². The van der Waals surface area contributed by atoms with Gasteiger partial charge in [0.2, 0.25) is 0 Å². The van der Waals surface area contributed by atoms with Crippen molar-refractivity contribution in [1.82, 2.24) is 10.3 Å². The molecule has 0 bridgehead atoms. The van der Waals surface area contributed by atoms with Crippen LogP contribution in [0, 0.1) is 0 Å². The summed E-state index contributed by atoms with van der Waals surface area (Å²) in [5.41, 5.74) is 3.03. The first kappa shape index (κ1) is 20.3. The van der Waals surface area contributed by atoms with E-state index in [0.29, 0.717) is 11.3 Å². The number of carbonyl (C=O) groups excluding carboxylic acids is 1. The molecule has 4 rings (SSSR count). The molecule has 2 aromatic carbocycles. The molecule has 30 heavy (non-hydrogen) atoms. The Morgan fingerprint density at radius 1 is 1.17 bits per heavy atom. The number of benzene rings is 2. The summed E-state index contributed by atoms with van der Waals surface area (Å²) >= 11 is 0. The molecule has 1 atom stereocenters. The van der Waals surface area contributed by atoms with Crippen LogP contribution in [0.2, 0.25) is 0 Å². The van der Waals surface area contributed by atoms with Crippen LogP contribution in [-0.4, -0.2) is 24.6 Å². The van der Waals surface area contributed by atoms with Crippen LogP contribution < -0.4 is 10.1 Å². The van der Waals surface area contributed by atoms with E-state index in [-0.39, 0.29) is 25.0 Å². The fourth-order valence-corrected chi connectivity index (χ4v) is 3.76. The van der Waals surface area contributed by atoms with Gasteiger partial charge in [-0.25, -0.2) is 0 Å². The van der Waals surface area contributed by atoms with Crippen molar-refractivity contribution in [3.8, 4) is 5.75 Å². The minimum absolute atomic E-state index is 0.134. The predicted octanol–water partition coefficient (Wildman–Crippen LogP) is 4.52. The van der Waals surface area contributed by atoms with Crippen LogP contribution in [0.4, 0.5) is 13.2 Å². The number of nitrogens with one attached hydrogen (secondary N) is 2. The van der Waals surface area contributed by atoms with Crippen molar-refractivity contribution in [2.45, 2.75) is 31.7 Å². The summed E-state index contributed by atoms with van der Waals surface area (Å²) in [7, 11) is 1.37. The number of aromatic nitrogens is 1. The highest BCUT2D eigenvalue weighted by molar-refractivity contribution is 5.87. The van der Waals surface area contributed by atoms with E-state index in [4.69, 9.17) is 9.47 Å². The van der Waals surface area contributed by atoms with E-state index in [1.165, 1.54) is 19.2 Å². The number of hydrogen-bond acceptors (Lipinski definition) is 4. The average molecular weight is 418 g/mol. The van der Waals surface area contributed by atoms with Gasteiger partial charge in [0.25, 0.3) is 0 Å². The fourth-order valence-electron chi connectivity index (χ4n) is 3.76. The second-order valence-electron chi connectivity index (χ2n) is 7.24. The van der Waals surface area contributed by atoms with E-state index < -0.39 is 11.7 Å². The fraction of sp³-hybridized carbons (Fsp3) is 0.318. The first-order valence-electron chi connectivity index (χ1n) is 9.59. The van der Waals surface area contributed by atoms with Gasteiger partial charge in [0.05, 0.1) is 25.1 Å². The zero-order valence-corrected chi connectivity index (χ0v) is 16.3. The van der Waals surface area contributed by atoms with E-state index in [1.54, 1.807) is 0 Å². The van der Waals surface area contributed by atoms with Crippen molar-refractivity contribution in [2.24, 2.45) is 0 Å². The first-order chi connectivity index (χ1) is 14.3. The van der Waals surface area contributed by atoms with Crippen LogP contribution in [-0.2, 0) is 28.7 Å². The third-order valence-corrected chi connectivity index (χ3v) is 5.31. The summed E-state index contributed by atoms with van der Waals surface area (Å²) in [6, 6.07) is 10.5. The second kappa shape index (κ2) is 8.02. The molecule has 0 fully saturated rings. The number of rotatable bonds is 5. The summed E-state index contributed by atoms with van der Waals surface area (Å²) in [5, 5.41) is 4.35. The van der Waals surface area contributed by atoms with Crippen molar-refractivity contribution < 1.29 is 27.4 Å². The van der Waals surface area contributed by atoms with Gasteiger partial charge in [0.15, 0.2) is 0 Å². The lowest BCUT2D eigenvalue weighted by atomic mass is 9.97. The van der Waals surface area contributed by atoms with Gasteiger partial charge < -0.3 is 19.8 Å². The standard InChI is InChI=1S/C22H21F3N2O3/c1-29-20(28)11-19-21-16(8-9-26-19)17-10-15(6-7-18(17)27-21)30-12-13-2-4-14(5-3-13)22(23,24)25/h2-7,10,19,26-27H,8-9,11-12H2,1H3. The Hall–Kier alpha value is -3.00. The minimum Gasteiger partial charge on any atom is -0.489 e. The Morgan fingerprint density at radius 2 is 1.93 bits per heavy atom. The second-order valence-corrected chi connectivity index (χ2v) is 7.24. The summed E-state index contributed by atoms with van der Waals surface area (Å²) in [6.07, 6.45) is -3.29. The lowest BCUT2D eigenvalue weighted by Crippen LogP contribution is -2.31. The molecular weight excluding hydrogens is 397 g/mol. The van der Waals surface area contributed by atoms with E-state index in [9.17, 15) is 18.0 Å². The van der Waals surface area contributed by atoms with Crippen molar-refractivity contribution in [3.63, 3.8) is 0 Å². The van der Waals surface area contributed by atoms with Crippen LogP contribution >= 0.6 is 0 Å². The maximum absolute atomic E-state index is 12.7. The van der Waals surface area contributed by atoms with Crippen LogP contribution in [0.3, 0.4) is 0 Å². The molecule has 0 spiro atoms. The molecule has 8 heteroatoms. The van der Waals surface area contributed by atoms with Crippen LogP contribution in [0.15, 0.2) is 42.5 Å². The monoisotopic (exact) mass is 418 g/mol. The largest absolute Gasteiger partial charge is 0.489 e. The molecule has 158 valence electrons. The van der Waals surface area contributed by atoms with Gasteiger partial charge in [-0.1, -0.05) is 12.1 Å². The highest BCUT2D eigenvalue weighted by atomic mass is 19.4. The number of ether oxygens (including phenoxy) is 2. The molecule has 1 unspecified atom stereocenters. The molecule has 0 radical (unpaired) electrons. The third-order valence-electron chi connectivity index (χ3n) is 5.31. The molecule has 0 saturated heterocycles. The number of methoxy groups -OCH3 is 1. The molecule has 0 amide bonds. The minimum atomic E-state index is -4.35. The van der Waals surface area contributed by atoms with Gasteiger partial charge >= 0.3 is 12.1 Å². The number of hydrogen-bond donors (Lipinski definition) is 2. The number of esters is 1. The number of halogens is 3. The SMILES string of the molecule is COC(=O)CC1NCCc2c1[nH]c1ccc(OCc3ccc(C(F)(F)F)cc3)cc21. The summed E-state index contributed by atoms with van der Waals surface area (Å²) in [6.45, 7) is 0.918. The molecule has 0 saturated carbocycles. The van der Waals surface area contributed by atoms with Gasteiger partial charge in [-0.2, -0.15) is 13.2 Å². The Kier molecular flexibility index (Phi) is 5.42. The first-order valence-corrected chi connectivity index (χ1v) is 9.59. The molecule has 2 heterocycles. The van der Waals surface area contributed by atoms with Gasteiger partial charge in [0.1, 0.15) is 12.4 Å². The number of H-pyrrole nitrogens is 1. The zero-order valence-electron chi connectivity index (χ0n) is 16.3. The van der Waals surface area contributed by atoms with Gasteiger partial charge in [0, 0.05) is 16.6 Å². The zero-order chi connectivity index (χ0) is 21.3. The predicted molar refractivity (Wildman–Crippen MR) is 105 cm³/mol. The van der Waals surface area contributed by atoms with Crippen LogP contribution in [0.1, 0.15) is 34.8 Å². The van der Waals surface area contributed by atoms with E-state index in [2.05, 4.69) is 10.3 Å². The number of carbonyl (C=O) groups is 1. The van der Waals surface area contributed by atoms with Crippen LogP contribution in [0.25, 0.3) is 10.9 Å². The van der Waals surface area contributed by atoms with Crippen LogP contribution in [0.5, 0.6) is 5.75 Å². The summed E-state index contributed by atoms with van der Waals surface area (Å²) < 4.78 is 48.6. The Labute approximate surface area is 171 Å². The molecular formula is C22H21F3N2O3.